The fourth-order valence-corrected chi connectivity index (χ4v) is 5.88. The number of amides is 2. The molecule has 0 radical (unpaired) electrons. The highest BCUT2D eigenvalue weighted by Crippen LogP contribution is 2.31. The summed E-state index contributed by atoms with van der Waals surface area (Å²) in [6.45, 7) is 2.83. The van der Waals surface area contributed by atoms with E-state index >= 15 is 0 Å². The van der Waals surface area contributed by atoms with Crippen LogP contribution in [0, 0.1) is 5.92 Å². The van der Waals surface area contributed by atoms with Crippen LogP contribution in [0.3, 0.4) is 0 Å². The predicted octanol–water partition coefficient (Wildman–Crippen LogP) is 4.29. The molecule has 2 aromatic carbocycles. The van der Waals surface area contributed by atoms with Crippen LogP contribution in [0.25, 0.3) is 11.0 Å². The number of hydrogen-bond acceptors (Lipinski definition) is 3. The maximum Gasteiger partial charge on any atom is 0.227 e. The lowest BCUT2D eigenvalue weighted by atomic mass is 9.92. The maximum atomic E-state index is 13.1. The Bertz CT molecular complexity index is 1220. The van der Waals surface area contributed by atoms with Gasteiger partial charge in [-0.1, -0.05) is 24.3 Å². The summed E-state index contributed by atoms with van der Waals surface area (Å²) < 4.78 is 5.78. The van der Waals surface area contributed by atoms with Gasteiger partial charge in [-0.15, -0.1) is 0 Å². The molecule has 1 aliphatic carbocycles. The smallest absolute Gasteiger partial charge is 0.227 e. The van der Waals surface area contributed by atoms with Crippen molar-refractivity contribution in [3.05, 3.63) is 70.5 Å². The number of benzene rings is 2. The summed E-state index contributed by atoms with van der Waals surface area (Å²) in [5.41, 5.74) is 7.29. The van der Waals surface area contributed by atoms with E-state index in [0.29, 0.717) is 26.1 Å². The van der Waals surface area contributed by atoms with Gasteiger partial charge in [-0.3, -0.25) is 9.59 Å². The minimum atomic E-state index is 0.0247. The van der Waals surface area contributed by atoms with Gasteiger partial charge in [-0.25, -0.2) is 0 Å². The molecule has 1 saturated heterocycles. The van der Waals surface area contributed by atoms with Crippen LogP contribution in [0.4, 0.5) is 0 Å². The molecule has 5 nitrogen and oxygen atoms in total. The standard InChI is InChI=1S/C28H30N2O3/c31-27(16-24-18-33-26-15-22-7-3-6-21(22)14-25(24)26)29-11-9-20(10-12-29)28(32)30-13-8-19-4-1-2-5-23(19)17-30/h1-2,4-5,14-15,18,20H,3,6-13,16-17H2. The minimum absolute atomic E-state index is 0.0247. The van der Waals surface area contributed by atoms with Crippen molar-refractivity contribution in [3.63, 3.8) is 0 Å². The van der Waals surface area contributed by atoms with Gasteiger partial charge in [0.1, 0.15) is 5.58 Å². The van der Waals surface area contributed by atoms with E-state index < -0.39 is 0 Å². The number of likely N-dealkylation sites (tertiary alicyclic amines) is 1. The van der Waals surface area contributed by atoms with Gasteiger partial charge >= 0.3 is 0 Å². The van der Waals surface area contributed by atoms with Crippen LogP contribution >= 0.6 is 0 Å². The molecule has 1 aromatic heterocycles. The van der Waals surface area contributed by atoms with Crippen LogP contribution in [-0.4, -0.2) is 41.2 Å². The van der Waals surface area contributed by atoms with E-state index in [1.165, 1.54) is 28.7 Å². The van der Waals surface area contributed by atoms with Gasteiger partial charge in [-0.05, 0) is 72.9 Å². The normalized spacial score (nSPS) is 18.4. The molecule has 0 N–H and O–H groups in total. The van der Waals surface area contributed by atoms with E-state index in [1.54, 1.807) is 6.26 Å². The second kappa shape index (κ2) is 8.36. The minimum Gasteiger partial charge on any atom is -0.464 e. The van der Waals surface area contributed by atoms with Crippen molar-refractivity contribution < 1.29 is 14.0 Å². The first-order valence-corrected chi connectivity index (χ1v) is 12.3. The van der Waals surface area contributed by atoms with E-state index in [9.17, 15) is 9.59 Å². The Balaban J connectivity index is 1.07. The lowest BCUT2D eigenvalue weighted by Crippen LogP contribution is -2.46. The van der Waals surface area contributed by atoms with Crippen LogP contribution in [0.5, 0.6) is 0 Å². The third-order valence-electron chi connectivity index (χ3n) is 7.85. The Kier molecular flexibility index (Phi) is 5.20. The Hall–Kier alpha value is -3.08. The third kappa shape index (κ3) is 3.84. The first kappa shape index (κ1) is 20.5. The van der Waals surface area contributed by atoms with Crippen molar-refractivity contribution >= 4 is 22.8 Å². The second-order valence-corrected chi connectivity index (χ2v) is 9.84. The van der Waals surface area contributed by atoms with Gasteiger partial charge < -0.3 is 14.2 Å². The Labute approximate surface area is 194 Å². The molecular formula is C28H30N2O3. The molecule has 0 bridgehead atoms. The fraction of sp³-hybridized carbons (Fsp3) is 0.429. The molecule has 1 fully saturated rings. The predicted molar refractivity (Wildman–Crippen MR) is 127 cm³/mol. The van der Waals surface area contributed by atoms with Gasteiger partial charge in [0, 0.05) is 43.0 Å². The number of carbonyl (C=O) groups is 2. The summed E-state index contributed by atoms with van der Waals surface area (Å²) in [5, 5.41) is 1.08. The van der Waals surface area contributed by atoms with Crippen molar-refractivity contribution in [3.8, 4) is 0 Å². The number of furan rings is 1. The third-order valence-corrected chi connectivity index (χ3v) is 7.85. The number of hydrogen-bond donors (Lipinski definition) is 0. The first-order chi connectivity index (χ1) is 16.2. The number of piperidine rings is 1. The first-order valence-electron chi connectivity index (χ1n) is 12.3. The molecule has 0 spiro atoms. The maximum absolute atomic E-state index is 13.1. The Morgan fingerprint density at radius 1 is 0.879 bits per heavy atom. The van der Waals surface area contributed by atoms with Crippen LogP contribution < -0.4 is 0 Å². The molecule has 3 heterocycles. The molecular weight excluding hydrogens is 412 g/mol. The molecule has 33 heavy (non-hydrogen) atoms. The largest absolute Gasteiger partial charge is 0.464 e. The average molecular weight is 443 g/mol. The van der Waals surface area contributed by atoms with E-state index in [-0.39, 0.29) is 17.7 Å². The number of carbonyl (C=O) groups excluding carboxylic acids is 2. The summed E-state index contributed by atoms with van der Waals surface area (Å²) in [4.78, 5) is 30.1. The van der Waals surface area contributed by atoms with Crippen molar-refractivity contribution in [2.45, 2.75) is 51.5 Å². The molecule has 5 heteroatoms. The van der Waals surface area contributed by atoms with Gasteiger partial charge in [0.15, 0.2) is 0 Å². The van der Waals surface area contributed by atoms with Crippen LogP contribution in [0.2, 0.25) is 0 Å². The molecule has 2 amide bonds. The lowest BCUT2D eigenvalue weighted by Gasteiger charge is -2.36. The van der Waals surface area contributed by atoms with Crippen LogP contribution in [0.1, 0.15) is 47.1 Å². The van der Waals surface area contributed by atoms with E-state index in [4.69, 9.17) is 4.42 Å². The monoisotopic (exact) mass is 442 g/mol. The lowest BCUT2D eigenvalue weighted by molar-refractivity contribution is -0.141. The van der Waals surface area contributed by atoms with Crippen LogP contribution in [0.15, 0.2) is 47.1 Å². The summed E-state index contributed by atoms with van der Waals surface area (Å²) in [7, 11) is 0. The highest BCUT2D eigenvalue weighted by molar-refractivity contribution is 5.89. The number of rotatable bonds is 3. The Morgan fingerprint density at radius 2 is 1.64 bits per heavy atom. The zero-order valence-electron chi connectivity index (χ0n) is 19.0. The Morgan fingerprint density at radius 3 is 2.45 bits per heavy atom. The van der Waals surface area contributed by atoms with E-state index in [2.05, 4.69) is 30.3 Å². The van der Waals surface area contributed by atoms with Gasteiger partial charge in [0.2, 0.25) is 11.8 Å². The van der Waals surface area contributed by atoms with Gasteiger partial charge in [0.25, 0.3) is 0 Å². The number of fused-ring (bicyclic) bond motifs is 3. The summed E-state index contributed by atoms with van der Waals surface area (Å²) in [6, 6.07) is 12.8. The van der Waals surface area contributed by atoms with E-state index in [0.717, 1.165) is 55.2 Å². The zero-order valence-corrected chi connectivity index (χ0v) is 19.0. The average Bonchev–Trinajstić information content (AvgIpc) is 3.48. The molecule has 0 saturated carbocycles. The van der Waals surface area contributed by atoms with Gasteiger partial charge in [0.05, 0.1) is 12.7 Å². The summed E-state index contributed by atoms with van der Waals surface area (Å²) in [5.74, 6) is 0.416. The SMILES string of the molecule is O=C(Cc1coc2cc3c(cc12)CCC3)N1CCC(C(=O)N2CCc3ccccc3C2)CC1. The quantitative estimate of drug-likeness (QED) is 0.608. The summed E-state index contributed by atoms with van der Waals surface area (Å²) in [6.07, 6.45) is 8.00. The molecule has 3 aromatic rings. The fourth-order valence-electron chi connectivity index (χ4n) is 5.88. The molecule has 2 aliphatic heterocycles. The molecule has 3 aliphatic rings. The van der Waals surface area contributed by atoms with Crippen molar-refractivity contribution in [2.24, 2.45) is 5.92 Å². The van der Waals surface area contributed by atoms with Crippen molar-refractivity contribution in [1.82, 2.24) is 9.80 Å². The molecule has 6 rings (SSSR count). The van der Waals surface area contributed by atoms with E-state index in [1.807, 2.05) is 15.9 Å². The summed E-state index contributed by atoms with van der Waals surface area (Å²) >= 11 is 0. The zero-order chi connectivity index (χ0) is 22.4. The molecule has 0 unspecified atom stereocenters. The second-order valence-electron chi connectivity index (χ2n) is 9.84. The van der Waals surface area contributed by atoms with Gasteiger partial charge in [-0.2, -0.15) is 0 Å². The van der Waals surface area contributed by atoms with Crippen molar-refractivity contribution in [1.29, 1.82) is 0 Å². The highest BCUT2D eigenvalue weighted by atomic mass is 16.3. The molecule has 0 atom stereocenters. The molecule has 170 valence electrons. The number of nitrogens with zero attached hydrogens (tertiary/aromatic N) is 2. The van der Waals surface area contributed by atoms with Crippen LogP contribution in [-0.2, 0) is 41.8 Å². The highest BCUT2D eigenvalue weighted by Gasteiger charge is 2.32. The number of aryl methyl sites for hydroxylation is 2. The van der Waals surface area contributed by atoms with Crippen molar-refractivity contribution in [2.75, 3.05) is 19.6 Å². The topological polar surface area (TPSA) is 53.8 Å².